The van der Waals surface area contributed by atoms with Gasteiger partial charge in [-0.3, -0.25) is 4.90 Å². The predicted octanol–water partition coefficient (Wildman–Crippen LogP) is 4.05. The number of hydrogen-bond acceptors (Lipinski definition) is 5. The van der Waals surface area contributed by atoms with E-state index in [9.17, 15) is 4.79 Å². The number of ether oxygens (including phenoxy) is 1. The molecule has 2 fully saturated rings. The molecule has 1 aromatic heterocycles. The first-order valence-corrected chi connectivity index (χ1v) is 9.91. The molecule has 2 saturated heterocycles. The van der Waals surface area contributed by atoms with E-state index < -0.39 is 5.60 Å². The molecule has 0 unspecified atom stereocenters. The topological polar surface area (TPSA) is 58.8 Å². The zero-order valence-electron chi connectivity index (χ0n) is 16.9. The Morgan fingerprint density at radius 3 is 2.54 bits per heavy atom. The molecule has 2 aliphatic heterocycles. The highest BCUT2D eigenvalue weighted by atomic mass is 16.6. The van der Waals surface area contributed by atoms with E-state index in [1.807, 2.05) is 39.5 Å². The molecule has 146 valence electrons. The van der Waals surface area contributed by atoms with Crippen LogP contribution in [0, 0.1) is 13.8 Å². The lowest BCUT2D eigenvalue weighted by Gasteiger charge is -2.41. The summed E-state index contributed by atoms with van der Waals surface area (Å²) in [5.74, 6) is 1.68. The summed E-state index contributed by atoms with van der Waals surface area (Å²) in [6, 6.07) is 0.577. The maximum Gasteiger partial charge on any atom is 0.410 e. The second-order valence-electron chi connectivity index (χ2n) is 8.67. The molecule has 6 heteroatoms. The van der Waals surface area contributed by atoms with E-state index in [1.165, 1.54) is 12.8 Å². The molecular weight excluding hydrogens is 330 g/mol. The zero-order valence-corrected chi connectivity index (χ0v) is 16.9. The first-order chi connectivity index (χ1) is 12.2. The Morgan fingerprint density at radius 2 is 1.88 bits per heavy atom. The fraction of sp³-hybridized carbons (Fsp3) is 0.800. The molecule has 0 saturated carbocycles. The molecule has 6 nitrogen and oxygen atoms in total. The van der Waals surface area contributed by atoms with E-state index in [4.69, 9.17) is 9.15 Å². The Kier molecular flexibility index (Phi) is 5.61. The van der Waals surface area contributed by atoms with Crippen LogP contribution in [-0.4, -0.2) is 51.7 Å². The van der Waals surface area contributed by atoms with Gasteiger partial charge in [0.05, 0.1) is 18.3 Å². The minimum absolute atomic E-state index is 0.173. The van der Waals surface area contributed by atoms with Crippen molar-refractivity contribution in [1.29, 1.82) is 0 Å². The Labute approximate surface area is 156 Å². The van der Waals surface area contributed by atoms with E-state index >= 15 is 0 Å². The molecule has 0 N–H and O–H groups in total. The summed E-state index contributed by atoms with van der Waals surface area (Å²) in [6.45, 7) is 12.3. The SMILES string of the molecule is Cc1nc(CN2CCCC[C@@H]2[C@@H]2CCCN2C(=O)OC(C)(C)C)oc1C. The van der Waals surface area contributed by atoms with Gasteiger partial charge in [-0.1, -0.05) is 6.42 Å². The summed E-state index contributed by atoms with van der Waals surface area (Å²) < 4.78 is 11.5. The van der Waals surface area contributed by atoms with Crippen molar-refractivity contribution in [3.8, 4) is 0 Å². The molecule has 0 radical (unpaired) electrons. The van der Waals surface area contributed by atoms with Crippen molar-refractivity contribution in [3.05, 3.63) is 17.3 Å². The number of aromatic nitrogens is 1. The van der Waals surface area contributed by atoms with E-state index in [1.54, 1.807) is 0 Å². The molecule has 3 heterocycles. The summed E-state index contributed by atoms with van der Waals surface area (Å²) in [7, 11) is 0. The third-order valence-electron chi connectivity index (χ3n) is 5.45. The van der Waals surface area contributed by atoms with Crippen LogP contribution >= 0.6 is 0 Å². The van der Waals surface area contributed by atoms with Gasteiger partial charge >= 0.3 is 6.09 Å². The van der Waals surface area contributed by atoms with Crippen LogP contribution in [0.2, 0.25) is 0 Å². The van der Waals surface area contributed by atoms with Crippen LogP contribution < -0.4 is 0 Å². The molecule has 2 aliphatic rings. The molecule has 3 rings (SSSR count). The van der Waals surface area contributed by atoms with Crippen LogP contribution in [0.4, 0.5) is 4.79 Å². The van der Waals surface area contributed by atoms with Gasteiger partial charge < -0.3 is 14.1 Å². The van der Waals surface area contributed by atoms with Crippen LogP contribution in [0.5, 0.6) is 0 Å². The minimum atomic E-state index is -0.455. The van der Waals surface area contributed by atoms with Crippen molar-refractivity contribution in [2.75, 3.05) is 13.1 Å². The second kappa shape index (κ2) is 7.59. The standard InChI is InChI=1S/C20H33N3O3/c1-14-15(2)25-18(21-14)13-22-11-7-6-9-16(22)17-10-8-12-23(17)19(24)26-20(3,4)5/h16-17H,6-13H2,1-5H3/t16-,17+/m1/s1. The lowest BCUT2D eigenvalue weighted by molar-refractivity contribution is 0.00536. The molecule has 1 amide bonds. The van der Waals surface area contributed by atoms with Crippen LogP contribution in [0.1, 0.15) is 70.2 Å². The fourth-order valence-electron chi connectivity index (χ4n) is 4.17. The molecule has 0 bridgehead atoms. The van der Waals surface area contributed by atoms with Crippen molar-refractivity contribution in [1.82, 2.24) is 14.8 Å². The Hall–Kier alpha value is -1.56. The zero-order chi connectivity index (χ0) is 18.9. The first kappa shape index (κ1) is 19.2. The number of rotatable bonds is 3. The monoisotopic (exact) mass is 363 g/mol. The van der Waals surface area contributed by atoms with Gasteiger partial charge in [0.2, 0.25) is 5.89 Å². The van der Waals surface area contributed by atoms with Crippen LogP contribution in [-0.2, 0) is 11.3 Å². The quantitative estimate of drug-likeness (QED) is 0.811. The van der Waals surface area contributed by atoms with Crippen molar-refractivity contribution >= 4 is 6.09 Å². The Balaban J connectivity index is 1.72. The van der Waals surface area contributed by atoms with Crippen molar-refractivity contribution < 1.29 is 13.9 Å². The number of piperidine rings is 1. The van der Waals surface area contributed by atoms with Gasteiger partial charge in [0.1, 0.15) is 11.4 Å². The third kappa shape index (κ3) is 4.40. The number of hydrogen-bond donors (Lipinski definition) is 0. The van der Waals surface area contributed by atoms with Gasteiger partial charge in [-0.15, -0.1) is 0 Å². The molecule has 0 spiro atoms. The van der Waals surface area contributed by atoms with Gasteiger partial charge in [0, 0.05) is 12.6 Å². The number of carbonyl (C=O) groups is 1. The number of amides is 1. The lowest BCUT2D eigenvalue weighted by atomic mass is 9.94. The number of likely N-dealkylation sites (tertiary alicyclic amines) is 2. The Morgan fingerprint density at radius 1 is 1.15 bits per heavy atom. The summed E-state index contributed by atoms with van der Waals surface area (Å²) in [4.78, 5) is 21.7. The average molecular weight is 364 g/mol. The molecule has 26 heavy (non-hydrogen) atoms. The van der Waals surface area contributed by atoms with Crippen molar-refractivity contribution in [2.24, 2.45) is 0 Å². The van der Waals surface area contributed by atoms with Crippen molar-refractivity contribution in [3.63, 3.8) is 0 Å². The fourth-order valence-corrected chi connectivity index (χ4v) is 4.17. The van der Waals surface area contributed by atoms with Gasteiger partial charge in [-0.25, -0.2) is 9.78 Å². The predicted molar refractivity (Wildman–Crippen MR) is 100.0 cm³/mol. The first-order valence-electron chi connectivity index (χ1n) is 9.91. The van der Waals surface area contributed by atoms with Gasteiger partial charge in [-0.2, -0.15) is 0 Å². The van der Waals surface area contributed by atoms with Crippen LogP contribution in [0.25, 0.3) is 0 Å². The maximum atomic E-state index is 12.7. The number of aryl methyl sites for hydroxylation is 2. The van der Waals surface area contributed by atoms with E-state index in [2.05, 4.69) is 9.88 Å². The number of nitrogens with zero attached hydrogens (tertiary/aromatic N) is 3. The highest BCUT2D eigenvalue weighted by molar-refractivity contribution is 5.69. The highest BCUT2D eigenvalue weighted by Crippen LogP contribution is 2.31. The summed E-state index contributed by atoms with van der Waals surface area (Å²) in [5, 5.41) is 0. The van der Waals surface area contributed by atoms with E-state index in [0.717, 1.165) is 56.2 Å². The number of oxazole rings is 1. The van der Waals surface area contributed by atoms with E-state index in [0.29, 0.717) is 6.04 Å². The lowest BCUT2D eigenvalue weighted by Crippen LogP contribution is -2.53. The normalized spacial score (nSPS) is 24.9. The molecule has 0 aromatic carbocycles. The summed E-state index contributed by atoms with van der Waals surface area (Å²) >= 11 is 0. The van der Waals surface area contributed by atoms with Crippen LogP contribution in [0.15, 0.2) is 4.42 Å². The molecule has 0 aliphatic carbocycles. The van der Waals surface area contributed by atoms with Gasteiger partial charge in [0.25, 0.3) is 0 Å². The molecular formula is C20H33N3O3. The summed E-state index contributed by atoms with van der Waals surface area (Å²) in [6.07, 6.45) is 5.43. The van der Waals surface area contributed by atoms with E-state index in [-0.39, 0.29) is 12.1 Å². The summed E-state index contributed by atoms with van der Waals surface area (Å²) in [5.41, 5.74) is 0.508. The smallest absolute Gasteiger partial charge is 0.410 e. The molecule has 2 atom stereocenters. The Bertz CT molecular complexity index is 615. The second-order valence-corrected chi connectivity index (χ2v) is 8.67. The van der Waals surface area contributed by atoms with Crippen LogP contribution in [0.3, 0.4) is 0 Å². The third-order valence-corrected chi connectivity index (χ3v) is 5.45. The largest absolute Gasteiger partial charge is 0.444 e. The molecule has 1 aromatic rings. The highest BCUT2D eigenvalue weighted by Gasteiger charge is 2.40. The maximum absolute atomic E-state index is 12.7. The van der Waals surface area contributed by atoms with Crippen molar-refractivity contribution in [2.45, 2.75) is 91.0 Å². The van der Waals surface area contributed by atoms with Gasteiger partial charge in [0.15, 0.2) is 0 Å². The minimum Gasteiger partial charge on any atom is -0.444 e. The average Bonchev–Trinajstić information content (AvgIpc) is 3.14. The van der Waals surface area contributed by atoms with Gasteiger partial charge in [-0.05, 0) is 66.8 Å². The number of carbonyl (C=O) groups excluding carboxylic acids is 1.